The van der Waals surface area contributed by atoms with Crippen molar-refractivity contribution in [2.24, 2.45) is 0 Å². The first-order chi connectivity index (χ1) is 9.20. The number of benzene rings is 2. The van der Waals surface area contributed by atoms with Gasteiger partial charge < -0.3 is 0 Å². The summed E-state index contributed by atoms with van der Waals surface area (Å²) in [5.41, 5.74) is 2.14. The van der Waals surface area contributed by atoms with E-state index in [9.17, 15) is 9.59 Å². The fourth-order valence-electron chi connectivity index (χ4n) is 1.74. The molecule has 0 N–H and O–H groups in total. The molecule has 0 radical (unpaired) electrons. The molecule has 0 aromatic heterocycles. The summed E-state index contributed by atoms with van der Waals surface area (Å²) in [6.45, 7) is 0. The molecule has 0 aliphatic rings. The van der Waals surface area contributed by atoms with Crippen LogP contribution >= 0.6 is 0 Å². The zero-order valence-corrected chi connectivity index (χ0v) is 14.7. The van der Waals surface area contributed by atoms with Gasteiger partial charge in [-0.1, -0.05) is 0 Å². The van der Waals surface area contributed by atoms with E-state index in [-0.39, 0.29) is 43.3 Å². The van der Waals surface area contributed by atoms with Gasteiger partial charge >= 0.3 is 127 Å². The molecular weight excluding hydrogens is 437 g/mol. The summed E-state index contributed by atoms with van der Waals surface area (Å²) < 4.78 is 4.76. The Hall–Kier alpha value is -1.54. The Morgan fingerprint density at radius 3 is 2.05 bits per heavy atom. The van der Waals surface area contributed by atoms with Crippen molar-refractivity contribution in [3.63, 3.8) is 0 Å². The summed E-state index contributed by atoms with van der Waals surface area (Å²) >= 11 is 0.219. The molecule has 0 spiro atoms. The molecule has 4 heteroatoms. The molecule has 96 valence electrons. The molecule has 0 fully saturated rings. The van der Waals surface area contributed by atoms with Gasteiger partial charge in [-0.25, -0.2) is 0 Å². The molecule has 0 saturated heterocycles. The Morgan fingerprint density at radius 2 is 1.47 bits per heavy atom. The van der Waals surface area contributed by atoms with Crippen molar-refractivity contribution in [3.05, 3.63) is 71.3 Å². The number of carbonyl (C=O) groups is 2. The number of hydrogen-bond acceptors (Lipinski definition) is 3. The number of rotatable bonds is 4. The van der Waals surface area contributed by atoms with E-state index in [2.05, 4.69) is 0 Å². The minimum absolute atomic E-state index is 0.0147. The van der Waals surface area contributed by atoms with Gasteiger partial charge in [0.2, 0.25) is 0 Å². The van der Waals surface area contributed by atoms with E-state index in [4.69, 9.17) is 2.81 Å². The average Bonchev–Trinajstić information content (AvgIpc) is 2.48. The van der Waals surface area contributed by atoms with E-state index in [1.165, 1.54) is 0 Å². The normalized spacial score (nSPS) is 9.95. The molecule has 0 unspecified atom stereocenters. The minimum atomic E-state index is -0.216. The predicted octanol–water partition coefficient (Wildman–Crippen LogP) is 1.55. The van der Waals surface area contributed by atoms with Gasteiger partial charge in [-0.2, -0.15) is 0 Å². The number of carbonyl (C=O) groups excluding carboxylic acids is 2. The van der Waals surface area contributed by atoms with Gasteiger partial charge in [0.1, 0.15) is 0 Å². The first-order valence-electron chi connectivity index (χ1n) is 5.79. The summed E-state index contributed by atoms with van der Waals surface area (Å²) in [5.74, 6) is -0.230. The molecule has 0 saturated carbocycles. The van der Waals surface area contributed by atoms with Crippen LogP contribution in [0.4, 0.5) is 0 Å². The van der Waals surface area contributed by atoms with E-state index in [0.29, 0.717) is 11.1 Å². The van der Waals surface area contributed by atoms with E-state index < -0.39 is 0 Å². The standard InChI is InChI=1S/C15H12O3.Bi.2H/c16-14(17)10-11-6-8-13(9-7-11)15(18)12-4-2-1-3-5-12;;;/h1-9H,10H2,(H,16,17);;;/q;+1;;/p-1. The Bertz CT molecular complexity index is 576. The molecule has 2 rings (SSSR count). The second-order valence-electron chi connectivity index (χ2n) is 4.06. The Labute approximate surface area is 127 Å². The third-order valence-corrected chi connectivity index (χ3v) is 3.75. The van der Waals surface area contributed by atoms with Crippen molar-refractivity contribution in [1.29, 1.82) is 0 Å². The van der Waals surface area contributed by atoms with Gasteiger partial charge in [0, 0.05) is 0 Å². The van der Waals surface area contributed by atoms with Gasteiger partial charge in [-0.15, -0.1) is 0 Å². The second-order valence-corrected chi connectivity index (χ2v) is 4.97. The van der Waals surface area contributed by atoms with Crippen LogP contribution in [0.2, 0.25) is 0 Å². The van der Waals surface area contributed by atoms with E-state index in [1.54, 1.807) is 36.4 Å². The summed E-state index contributed by atoms with van der Waals surface area (Å²) in [6.07, 6.45) is 0.260. The zero-order valence-electron chi connectivity index (χ0n) is 10.2. The fourth-order valence-corrected chi connectivity index (χ4v) is 2.06. The number of ketones is 1. The monoisotopic (exact) mass is 450 g/mol. The predicted molar refractivity (Wildman–Crippen MR) is 74.7 cm³/mol. The molecule has 0 aliphatic carbocycles. The van der Waals surface area contributed by atoms with Crippen molar-refractivity contribution >= 4 is 36.9 Å². The first kappa shape index (κ1) is 13.9. The molecule has 2 aromatic rings. The zero-order chi connectivity index (χ0) is 13.7. The Kier molecular flexibility index (Phi) is 4.81. The van der Waals surface area contributed by atoms with Crippen molar-refractivity contribution in [1.82, 2.24) is 0 Å². The molecule has 0 bridgehead atoms. The molecule has 0 atom stereocenters. The van der Waals surface area contributed by atoms with Gasteiger partial charge in [0.25, 0.3) is 0 Å². The van der Waals surface area contributed by atoms with Crippen molar-refractivity contribution in [2.45, 2.75) is 6.42 Å². The summed E-state index contributed by atoms with van der Waals surface area (Å²) in [5, 5.41) is 0. The van der Waals surface area contributed by atoms with E-state index >= 15 is 0 Å². The Morgan fingerprint density at radius 1 is 0.895 bits per heavy atom. The molecule has 19 heavy (non-hydrogen) atoms. The van der Waals surface area contributed by atoms with Crippen molar-refractivity contribution < 1.29 is 12.4 Å². The maximum absolute atomic E-state index is 12.2. The fraction of sp³-hybridized carbons (Fsp3) is 0.0667. The van der Waals surface area contributed by atoms with Crippen LogP contribution in [0.15, 0.2) is 54.6 Å². The molecular formula is C15H13BiO3. The average molecular weight is 450 g/mol. The van der Waals surface area contributed by atoms with Crippen molar-refractivity contribution in [3.8, 4) is 0 Å². The van der Waals surface area contributed by atoms with Crippen LogP contribution in [0.1, 0.15) is 21.5 Å². The van der Waals surface area contributed by atoms with Crippen LogP contribution in [0, 0.1) is 0 Å². The molecule has 0 amide bonds. The van der Waals surface area contributed by atoms with Crippen LogP contribution in [-0.4, -0.2) is 36.9 Å². The van der Waals surface area contributed by atoms with Crippen LogP contribution in [0.25, 0.3) is 0 Å². The SMILES string of the molecule is O=C(Cc1ccc(C(=O)c2ccccc2)cc1)[O][BiH2]. The number of hydrogen-bond donors (Lipinski definition) is 0. The molecule has 2 aromatic carbocycles. The Balaban J connectivity index is 2.15. The molecule has 0 heterocycles. The first-order valence-corrected chi connectivity index (χ1v) is 7.62. The van der Waals surface area contributed by atoms with Gasteiger partial charge in [0.15, 0.2) is 0 Å². The van der Waals surface area contributed by atoms with Crippen LogP contribution in [0.5, 0.6) is 0 Å². The summed E-state index contributed by atoms with van der Waals surface area (Å²) in [6, 6.07) is 16.2. The molecule has 0 aliphatic heterocycles. The van der Waals surface area contributed by atoms with E-state index in [0.717, 1.165) is 5.56 Å². The van der Waals surface area contributed by atoms with Crippen molar-refractivity contribution in [2.75, 3.05) is 0 Å². The molecule has 3 nitrogen and oxygen atoms in total. The van der Waals surface area contributed by atoms with Gasteiger partial charge in [-0.05, 0) is 0 Å². The van der Waals surface area contributed by atoms with Gasteiger partial charge in [0.05, 0.1) is 0 Å². The summed E-state index contributed by atoms with van der Waals surface area (Å²) in [7, 11) is 0. The third-order valence-electron chi connectivity index (χ3n) is 2.73. The summed E-state index contributed by atoms with van der Waals surface area (Å²) in [4.78, 5) is 23.3. The van der Waals surface area contributed by atoms with Crippen LogP contribution in [-0.2, 0) is 14.0 Å². The second kappa shape index (κ2) is 6.58. The maximum atomic E-state index is 12.2. The third kappa shape index (κ3) is 3.71. The quantitative estimate of drug-likeness (QED) is 0.525. The van der Waals surface area contributed by atoms with Gasteiger partial charge in [-0.3, -0.25) is 0 Å². The van der Waals surface area contributed by atoms with Crippen LogP contribution < -0.4 is 0 Å². The topological polar surface area (TPSA) is 43.4 Å². The van der Waals surface area contributed by atoms with E-state index in [1.807, 2.05) is 18.2 Å². The van der Waals surface area contributed by atoms with Crippen LogP contribution in [0.3, 0.4) is 0 Å².